The summed E-state index contributed by atoms with van der Waals surface area (Å²) >= 11 is 6.63. The van der Waals surface area contributed by atoms with Crippen LogP contribution in [0.15, 0.2) is 54.7 Å². The van der Waals surface area contributed by atoms with E-state index >= 15 is 4.39 Å². The molecule has 3 aliphatic heterocycles. The molecule has 0 aliphatic carbocycles. The zero-order chi connectivity index (χ0) is 37.6. The first-order valence-corrected chi connectivity index (χ1v) is 18.5. The second-order valence-electron chi connectivity index (χ2n) is 14.3. The normalized spacial score (nSPS) is 21.6. The van der Waals surface area contributed by atoms with E-state index in [4.69, 9.17) is 21.3 Å². The van der Waals surface area contributed by atoms with Crippen LogP contribution in [-0.4, -0.2) is 97.7 Å². The summed E-state index contributed by atoms with van der Waals surface area (Å²) in [6.07, 6.45) is 5.87. The van der Waals surface area contributed by atoms with Crippen LogP contribution in [0.2, 0.25) is 5.02 Å². The molecule has 0 saturated carbocycles. The van der Waals surface area contributed by atoms with Crippen LogP contribution >= 0.6 is 11.6 Å². The molecule has 0 radical (unpaired) electrons. The van der Waals surface area contributed by atoms with Gasteiger partial charge in [0.25, 0.3) is 0 Å². The number of hydrogen-bond donors (Lipinski definition) is 0. The first kappa shape index (κ1) is 35.7. The Kier molecular flexibility index (Phi) is 9.58. The number of nitrogens with zero attached hydrogens (tertiary/aromatic N) is 9. The Hall–Kier alpha value is -5.32. The van der Waals surface area contributed by atoms with Crippen LogP contribution in [0.3, 0.4) is 0 Å². The highest BCUT2D eigenvalue weighted by Gasteiger charge is 2.49. The molecular formula is C40H38ClF2N9O2. The van der Waals surface area contributed by atoms with E-state index in [9.17, 15) is 14.4 Å². The number of aryl methyl sites for hydroxylation is 2. The first-order chi connectivity index (χ1) is 26.1. The van der Waals surface area contributed by atoms with Crippen molar-refractivity contribution in [2.24, 2.45) is 0 Å². The van der Waals surface area contributed by atoms with Gasteiger partial charge in [-0.25, -0.2) is 18.7 Å². The number of carbonyl (C=O) groups excluding carboxylic acids is 1. The van der Waals surface area contributed by atoms with Crippen LogP contribution in [0.1, 0.15) is 42.9 Å². The number of pyridine rings is 1. The average molecular weight is 750 g/mol. The average Bonchev–Trinajstić information content (AvgIpc) is 3.68. The van der Waals surface area contributed by atoms with Crippen LogP contribution in [0, 0.1) is 31.0 Å². The molecule has 0 spiro atoms. The number of rotatable bonds is 8. The Morgan fingerprint density at radius 2 is 1.94 bits per heavy atom. The Balaban J connectivity index is 1.16. The summed E-state index contributed by atoms with van der Waals surface area (Å²) < 4.78 is 37.9. The van der Waals surface area contributed by atoms with Gasteiger partial charge in [0.2, 0.25) is 5.91 Å². The number of piperazine rings is 1. The number of anilines is 1. The van der Waals surface area contributed by atoms with Gasteiger partial charge in [-0.3, -0.25) is 14.7 Å². The minimum Gasteiger partial charge on any atom is -0.461 e. The van der Waals surface area contributed by atoms with Gasteiger partial charge < -0.3 is 14.5 Å². The van der Waals surface area contributed by atoms with Crippen LogP contribution in [0.25, 0.3) is 39.0 Å². The summed E-state index contributed by atoms with van der Waals surface area (Å²) in [5.41, 5.74) is 1.53. The van der Waals surface area contributed by atoms with Crippen LogP contribution in [0.5, 0.6) is 6.01 Å². The maximum atomic E-state index is 16.9. The highest BCUT2D eigenvalue weighted by Crippen LogP contribution is 2.41. The van der Waals surface area contributed by atoms with Crippen molar-refractivity contribution in [3.63, 3.8) is 0 Å². The number of aromatic nitrogens is 5. The summed E-state index contributed by atoms with van der Waals surface area (Å²) in [4.78, 5) is 42.0. The number of amides is 1. The lowest BCUT2D eigenvalue weighted by atomic mass is 9.95. The van der Waals surface area contributed by atoms with E-state index in [0.29, 0.717) is 58.2 Å². The van der Waals surface area contributed by atoms with Crippen molar-refractivity contribution in [3.8, 4) is 23.3 Å². The number of halogens is 3. The minimum atomic E-state index is -0.944. The lowest BCUT2D eigenvalue weighted by molar-refractivity contribution is -0.128. The fourth-order valence-electron chi connectivity index (χ4n) is 8.36. The summed E-state index contributed by atoms with van der Waals surface area (Å²) in [5, 5.41) is 12.1. The van der Waals surface area contributed by atoms with Crippen LogP contribution in [0.4, 0.5) is 14.6 Å². The van der Waals surface area contributed by atoms with Gasteiger partial charge in [0, 0.05) is 66.5 Å². The van der Waals surface area contributed by atoms with E-state index in [2.05, 4.69) is 30.9 Å². The highest BCUT2D eigenvalue weighted by atomic mass is 35.5. The van der Waals surface area contributed by atoms with Crippen molar-refractivity contribution in [1.82, 2.24) is 34.7 Å². The Labute approximate surface area is 316 Å². The fraction of sp³-hybridized carbons (Fsp3) is 0.375. The smallest absolute Gasteiger partial charge is 0.319 e. The van der Waals surface area contributed by atoms with Gasteiger partial charge in [-0.2, -0.15) is 15.2 Å². The molecule has 1 amide bonds. The van der Waals surface area contributed by atoms with E-state index in [1.807, 2.05) is 36.1 Å². The van der Waals surface area contributed by atoms with Crippen molar-refractivity contribution >= 4 is 51.1 Å². The van der Waals surface area contributed by atoms with Gasteiger partial charge in [-0.05, 0) is 56.8 Å². The van der Waals surface area contributed by atoms with Crippen LogP contribution < -0.4 is 9.64 Å². The molecule has 6 heterocycles. The van der Waals surface area contributed by atoms with E-state index in [-0.39, 0.29) is 49.2 Å². The maximum Gasteiger partial charge on any atom is 0.319 e. The van der Waals surface area contributed by atoms with Gasteiger partial charge in [-0.1, -0.05) is 41.9 Å². The Morgan fingerprint density at radius 1 is 1.11 bits per heavy atom. The Morgan fingerprint density at radius 3 is 2.76 bits per heavy atom. The minimum absolute atomic E-state index is 0.00772. The third kappa shape index (κ3) is 6.69. The quantitative estimate of drug-likeness (QED) is 0.160. The van der Waals surface area contributed by atoms with E-state index in [1.165, 1.54) is 6.08 Å². The van der Waals surface area contributed by atoms with Crippen molar-refractivity contribution in [2.45, 2.75) is 57.3 Å². The number of benzene rings is 2. The number of nitriles is 1. The predicted molar refractivity (Wildman–Crippen MR) is 202 cm³/mol. The van der Waals surface area contributed by atoms with E-state index in [0.717, 1.165) is 30.5 Å². The molecule has 3 aliphatic rings. The number of alkyl halides is 1. The third-order valence-corrected chi connectivity index (χ3v) is 11.1. The lowest BCUT2D eigenvalue weighted by Gasteiger charge is -2.41. The molecule has 276 valence electrons. The van der Waals surface area contributed by atoms with Crippen molar-refractivity contribution < 1.29 is 18.3 Å². The molecule has 3 saturated heterocycles. The molecule has 5 aromatic rings. The lowest BCUT2D eigenvalue weighted by Crippen LogP contribution is -2.55. The second-order valence-corrected chi connectivity index (χ2v) is 14.7. The number of fused-ring (bicyclic) bond motifs is 3. The number of hydrogen-bond acceptors (Lipinski definition) is 10. The summed E-state index contributed by atoms with van der Waals surface area (Å²) in [6.45, 7) is 5.83. The molecule has 0 bridgehead atoms. The molecule has 2 aromatic carbocycles. The molecule has 0 N–H and O–H groups in total. The summed E-state index contributed by atoms with van der Waals surface area (Å²) in [6, 6.07) is 14.5. The molecular weight excluding hydrogens is 712 g/mol. The van der Waals surface area contributed by atoms with E-state index < -0.39 is 23.6 Å². The van der Waals surface area contributed by atoms with Crippen molar-refractivity contribution in [3.05, 3.63) is 82.8 Å². The summed E-state index contributed by atoms with van der Waals surface area (Å²) in [5.74, 6) is 0.0561. The van der Waals surface area contributed by atoms with Gasteiger partial charge in [0.05, 0.1) is 35.2 Å². The van der Waals surface area contributed by atoms with E-state index in [1.54, 1.807) is 42.3 Å². The first-order valence-electron chi connectivity index (χ1n) is 18.1. The zero-order valence-corrected chi connectivity index (χ0v) is 30.7. The molecule has 11 nitrogen and oxygen atoms in total. The molecule has 3 fully saturated rings. The highest BCUT2D eigenvalue weighted by molar-refractivity contribution is 6.36. The molecule has 8 rings (SSSR count). The molecule has 3 aromatic heterocycles. The van der Waals surface area contributed by atoms with Gasteiger partial charge >= 0.3 is 6.01 Å². The monoisotopic (exact) mass is 749 g/mol. The van der Waals surface area contributed by atoms with Gasteiger partial charge in [0.15, 0.2) is 5.82 Å². The Bertz CT molecular complexity index is 2330. The predicted octanol–water partition coefficient (Wildman–Crippen LogP) is 6.64. The second kappa shape index (κ2) is 14.5. The standard InChI is InChI=1S/C40H38ClF2N9O2/c1-24-18-28(47-25(2)46-24)10-11-33(53)52-17-16-50(22-29(52)12-14-44)38-31-20-45-36(30-8-3-6-26-7-4-9-32(41)34(26)30)35(43)37(31)48-39(49-38)54-23-40-13-5-15-51(40)21-27(42)19-40/h3-4,6-11,18,20,27,29H,5,12-13,15-17,19,21-23H2,1-2H3/b11-10+/t27?,29-,40-/m0/s1. The molecule has 1 unspecified atom stereocenters. The molecule has 14 heteroatoms. The third-order valence-electron chi connectivity index (χ3n) is 10.8. The molecule has 54 heavy (non-hydrogen) atoms. The largest absolute Gasteiger partial charge is 0.461 e. The zero-order valence-electron chi connectivity index (χ0n) is 30.0. The van der Waals surface area contributed by atoms with Gasteiger partial charge in [-0.15, -0.1) is 0 Å². The number of ether oxygens (including phenoxy) is 1. The van der Waals surface area contributed by atoms with Crippen molar-refractivity contribution in [1.29, 1.82) is 5.26 Å². The van der Waals surface area contributed by atoms with Crippen molar-refractivity contribution in [2.75, 3.05) is 44.2 Å². The number of carbonyl (C=O) groups is 1. The summed E-state index contributed by atoms with van der Waals surface area (Å²) in [7, 11) is 0. The fourth-order valence-corrected chi connectivity index (χ4v) is 8.64. The maximum absolute atomic E-state index is 16.9. The van der Waals surface area contributed by atoms with Crippen LogP contribution in [-0.2, 0) is 4.79 Å². The van der Waals surface area contributed by atoms with Gasteiger partial charge in [0.1, 0.15) is 35.6 Å². The SMILES string of the molecule is Cc1cc(/C=C/C(=O)N2CCN(c3nc(OC[C@@]45CCCN4CC(F)C5)nc4c(F)c(-c5cccc6cccc(Cl)c56)ncc34)C[C@@H]2CC#N)nc(C)n1. The topological polar surface area (TPSA) is 124 Å². The molecule has 3 atom stereocenters.